The molecule has 0 radical (unpaired) electrons. The van der Waals surface area contributed by atoms with Crippen LogP contribution in [-0.4, -0.2) is 81.3 Å². The summed E-state index contributed by atoms with van der Waals surface area (Å²) in [5, 5.41) is -0.277. The van der Waals surface area contributed by atoms with Crippen LogP contribution in [-0.2, 0) is 19.5 Å². The van der Waals surface area contributed by atoms with Crippen LogP contribution in [0.5, 0.6) is 0 Å². The minimum Gasteiger partial charge on any atom is -0.379 e. The lowest BCUT2D eigenvalue weighted by atomic mass is 9.98. The zero-order valence-electron chi connectivity index (χ0n) is 24.8. The van der Waals surface area contributed by atoms with E-state index in [1.54, 1.807) is 18.2 Å². The highest BCUT2D eigenvalue weighted by molar-refractivity contribution is 7.89. The zero-order valence-corrected chi connectivity index (χ0v) is 25.6. The average molecular weight is 561 g/mol. The Morgan fingerprint density at radius 2 is 1.22 bits per heavy atom. The Morgan fingerprint density at radius 3 is 1.51 bits per heavy atom. The summed E-state index contributed by atoms with van der Waals surface area (Å²) >= 11 is 0. The summed E-state index contributed by atoms with van der Waals surface area (Å²) in [6, 6.07) is 0.757. The number of sulfonamides is 1. The van der Waals surface area contributed by atoms with Crippen LogP contribution in [0.4, 0.5) is 13.2 Å². The van der Waals surface area contributed by atoms with Gasteiger partial charge >= 0.3 is 6.36 Å². The number of methoxy groups -OCH3 is 1. The van der Waals surface area contributed by atoms with Gasteiger partial charge in [0.05, 0.1) is 11.4 Å². The number of hydrogen-bond donors (Lipinski definition) is 0. The summed E-state index contributed by atoms with van der Waals surface area (Å²) in [7, 11) is -2.41. The monoisotopic (exact) mass is 560 g/mol. The highest BCUT2D eigenvalue weighted by Crippen LogP contribution is 2.29. The predicted molar refractivity (Wildman–Crippen MR) is 146 cm³/mol. The summed E-state index contributed by atoms with van der Waals surface area (Å²) in [6.45, 7) is 21.8. The highest BCUT2D eigenvalue weighted by atomic mass is 32.2. The molecule has 1 aliphatic carbocycles. The fourth-order valence-corrected chi connectivity index (χ4v) is 5.01. The fourth-order valence-electron chi connectivity index (χ4n) is 3.70. The molecule has 3 rings (SSSR count). The van der Waals surface area contributed by atoms with E-state index in [0.717, 1.165) is 37.3 Å². The lowest BCUT2D eigenvalue weighted by Crippen LogP contribution is -2.41. The summed E-state index contributed by atoms with van der Waals surface area (Å²) in [5.41, 5.74) is 0. The predicted octanol–water partition coefficient (Wildman–Crippen LogP) is 6.56. The van der Waals surface area contributed by atoms with Gasteiger partial charge in [-0.25, -0.2) is 12.7 Å². The zero-order chi connectivity index (χ0) is 28.8. The second-order valence-electron chi connectivity index (χ2n) is 11.5. The summed E-state index contributed by atoms with van der Waals surface area (Å²) in [5.74, 6) is 2.56. The molecule has 1 saturated carbocycles. The first kappa shape index (κ1) is 36.6. The van der Waals surface area contributed by atoms with Crippen molar-refractivity contribution in [3.8, 4) is 0 Å². The Morgan fingerprint density at radius 1 is 0.811 bits per heavy atom. The van der Waals surface area contributed by atoms with Crippen molar-refractivity contribution in [1.29, 1.82) is 0 Å². The van der Waals surface area contributed by atoms with Gasteiger partial charge in [-0.15, -0.1) is 13.2 Å². The van der Waals surface area contributed by atoms with E-state index >= 15 is 0 Å². The van der Waals surface area contributed by atoms with Crippen LogP contribution >= 0.6 is 0 Å². The fraction of sp³-hybridized carbons (Fsp3) is 1.00. The molecular weight excluding hydrogens is 505 g/mol. The number of halogens is 3. The van der Waals surface area contributed by atoms with Crippen molar-refractivity contribution in [3.05, 3.63) is 0 Å². The first-order valence-electron chi connectivity index (χ1n) is 14.0. The van der Waals surface area contributed by atoms with E-state index in [1.807, 2.05) is 0 Å². The third kappa shape index (κ3) is 18.5. The molecule has 0 N–H and O–H groups in total. The molecule has 10 heteroatoms. The topological polar surface area (TPSA) is 59.1 Å². The Hall–Kier alpha value is -0.420. The van der Waals surface area contributed by atoms with Crippen LogP contribution in [0.3, 0.4) is 0 Å². The van der Waals surface area contributed by atoms with Crippen molar-refractivity contribution in [1.82, 2.24) is 9.21 Å². The van der Waals surface area contributed by atoms with E-state index in [2.05, 4.69) is 51.2 Å². The van der Waals surface area contributed by atoms with Gasteiger partial charge in [-0.05, 0) is 111 Å². The van der Waals surface area contributed by atoms with E-state index in [-0.39, 0.29) is 5.25 Å². The van der Waals surface area contributed by atoms with Gasteiger partial charge in [0, 0.05) is 32.8 Å². The standard InChI is InChI=1S/C9H19NO2S.C9H19N.C7H14O.C2H3F3O/c1-8(2)13(11,12)10-6-4-9(3)5-7-10;1-8(2)10-6-4-9(3)5-7-10;1-6(2)8-5-7-3-4-7;1-6-2(3,4)5/h8-9H,4-7H2,1-3H3;8-9H,4-7H2,1-3H3;6-7H,3-5H2,1-2H3;1H3. The first-order chi connectivity index (χ1) is 17.0. The van der Waals surface area contributed by atoms with Gasteiger partial charge in [0.2, 0.25) is 10.0 Å². The summed E-state index contributed by atoms with van der Waals surface area (Å²) in [4.78, 5) is 2.57. The van der Waals surface area contributed by atoms with E-state index in [0.29, 0.717) is 32.2 Å². The third-order valence-electron chi connectivity index (χ3n) is 6.84. The molecule has 0 bridgehead atoms. The van der Waals surface area contributed by atoms with E-state index in [1.165, 1.54) is 38.8 Å². The van der Waals surface area contributed by atoms with Crippen molar-refractivity contribution in [2.75, 3.05) is 39.9 Å². The maximum absolute atomic E-state index is 11.7. The van der Waals surface area contributed by atoms with Crippen molar-refractivity contribution >= 4 is 10.0 Å². The van der Waals surface area contributed by atoms with Crippen LogP contribution in [0, 0.1) is 17.8 Å². The molecule has 37 heavy (non-hydrogen) atoms. The molecule has 0 unspecified atom stereocenters. The summed E-state index contributed by atoms with van der Waals surface area (Å²) in [6.07, 6.45) is 3.57. The van der Waals surface area contributed by atoms with Gasteiger partial charge in [-0.2, -0.15) is 0 Å². The lowest BCUT2D eigenvalue weighted by molar-refractivity contribution is -0.311. The Balaban J connectivity index is 0.000000486. The number of hydrogen-bond acceptors (Lipinski definition) is 5. The number of alkyl halides is 3. The van der Waals surface area contributed by atoms with Crippen LogP contribution in [0.25, 0.3) is 0 Å². The average Bonchev–Trinajstić information content (AvgIpc) is 3.64. The van der Waals surface area contributed by atoms with Crippen molar-refractivity contribution in [3.63, 3.8) is 0 Å². The van der Waals surface area contributed by atoms with Crippen molar-refractivity contribution in [2.45, 2.75) is 118 Å². The smallest absolute Gasteiger partial charge is 0.379 e. The molecule has 6 nitrogen and oxygen atoms in total. The largest absolute Gasteiger partial charge is 0.522 e. The van der Waals surface area contributed by atoms with Crippen LogP contribution in [0.2, 0.25) is 0 Å². The minimum atomic E-state index is -4.46. The molecular formula is C27H55F3N2O4S. The number of piperidine rings is 2. The van der Waals surface area contributed by atoms with E-state index in [9.17, 15) is 21.6 Å². The van der Waals surface area contributed by atoms with Gasteiger partial charge in [-0.1, -0.05) is 13.8 Å². The summed E-state index contributed by atoms with van der Waals surface area (Å²) < 4.78 is 65.1. The maximum Gasteiger partial charge on any atom is 0.522 e. The normalized spacial score (nSPS) is 20.6. The Kier molecular flexibility index (Phi) is 17.8. The first-order valence-corrected chi connectivity index (χ1v) is 15.5. The molecule has 0 aromatic carbocycles. The lowest BCUT2D eigenvalue weighted by Gasteiger charge is -2.33. The number of likely N-dealkylation sites (tertiary alicyclic amines) is 1. The quantitative estimate of drug-likeness (QED) is 0.368. The Labute approximate surface area is 225 Å². The molecule has 2 saturated heterocycles. The molecule has 0 spiro atoms. The van der Waals surface area contributed by atoms with Crippen LogP contribution in [0.1, 0.15) is 93.9 Å². The van der Waals surface area contributed by atoms with Crippen molar-refractivity contribution in [2.24, 2.45) is 17.8 Å². The molecule has 224 valence electrons. The number of rotatable bonds is 6. The molecule has 3 aliphatic rings. The molecule has 2 heterocycles. The number of nitrogens with zero attached hydrogens (tertiary/aromatic N) is 2. The minimum absolute atomic E-state index is 0.277. The van der Waals surface area contributed by atoms with Gasteiger partial charge < -0.3 is 9.64 Å². The second-order valence-corrected chi connectivity index (χ2v) is 14.0. The molecule has 2 aliphatic heterocycles. The van der Waals surface area contributed by atoms with Gasteiger partial charge in [0.25, 0.3) is 0 Å². The molecule has 0 atom stereocenters. The molecule has 3 fully saturated rings. The van der Waals surface area contributed by atoms with Gasteiger partial charge in [0.15, 0.2) is 0 Å². The third-order valence-corrected chi connectivity index (χ3v) is 9.12. The highest BCUT2D eigenvalue weighted by Gasteiger charge is 2.28. The maximum atomic E-state index is 11.7. The van der Waals surface area contributed by atoms with Crippen LogP contribution in [0.15, 0.2) is 0 Å². The second kappa shape index (κ2) is 18.0. The van der Waals surface area contributed by atoms with E-state index in [4.69, 9.17) is 4.74 Å². The van der Waals surface area contributed by atoms with E-state index < -0.39 is 16.4 Å². The van der Waals surface area contributed by atoms with Crippen LogP contribution < -0.4 is 0 Å². The molecule has 0 aromatic heterocycles. The SMILES string of the molecule is CC(C)OCC1CC1.CC1CCN(C(C)C)CC1.CC1CCN(S(=O)(=O)C(C)C)CC1.COC(F)(F)F. The van der Waals surface area contributed by atoms with Crippen molar-refractivity contribution < 1.29 is 31.1 Å². The molecule has 0 aromatic rings. The van der Waals surface area contributed by atoms with Gasteiger partial charge in [0.1, 0.15) is 0 Å². The Bertz CT molecular complexity index is 666. The number of ether oxygens (including phenoxy) is 2. The molecule has 0 amide bonds. The van der Waals surface area contributed by atoms with Gasteiger partial charge in [-0.3, -0.25) is 4.74 Å².